The number of nitrogens with zero attached hydrogens (tertiary/aromatic N) is 6. The third kappa shape index (κ3) is 3.26. The molecule has 0 aliphatic carbocycles. The van der Waals surface area contributed by atoms with Crippen molar-refractivity contribution in [1.82, 2.24) is 5.43 Å². The minimum Gasteiger partial charge on any atom is -0.493 e. The Kier molecular flexibility index (Phi) is 4.33. The van der Waals surface area contributed by atoms with E-state index in [0.29, 0.717) is 5.75 Å². The molecule has 0 fully saturated rings. The van der Waals surface area contributed by atoms with Crippen molar-refractivity contribution in [3.8, 4) is 11.5 Å². The molecule has 2 rings (SSSR count). The van der Waals surface area contributed by atoms with Gasteiger partial charge in [0.05, 0.1) is 37.0 Å². The second kappa shape index (κ2) is 6.36. The van der Waals surface area contributed by atoms with E-state index >= 15 is 0 Å². The van der Waals surface area contributed by atoms with Gasteiger partial charge in [-0.2, -0.15) is 5.10 Å². The first-order chi connectivity index (χ1) is 10.2. The first kappa shape index (κ1) is 14.3. The van der Waals surface area contributed by atoms with Crippen molar-refractivity contribution in [3.63, 3.8) is 0 Å². The van der Waals surface area contributed by atoms with Gasteiger partial charge < -0.3 is 9.47 Å². The van der Waals surface area contributed by atoms with Gasteiger partial charge in [-0.25, -0.2) is 0 Å². The van der Waals surface area contributed by atoms with Gasteiger partial charge in [0.15, 0.2) is 11.5 Å². The molecule has 0 saturated carbocycles. The largest absolute Gasteiger partial charge is 0.493 e. The molecular formula is C10H11N7O4. The average molecular weight is 293 g/mol. The molecule has 0 bridgehead atoms. The number of hydrazone groups is 1. The number of hydrogen-bond acceptors (Lipinski definition) is 10. The third-order valence-corrected chi connectivity index (χ3v) is 2.49. The Labute approximate surface area is 118 Å². The Morgan fingerprint density at radius 3 is 2.48 bits per heavy atom. The van der Waals surface area contributed by atoms with Crippen LogP contribution in [0.25, 0.3) is 0 Å². The number of ether oxygens (including phenoxy) is 2. The lowest BCUT2D eigenvalue weighted by Crippen LogP contribution is -2.17. The maximum Gasteiger partial charge on any atom is 0.282 e. The van der Waals surface area contributed by atoms with Crippen LogP contribution >= 0.6 is 0 Å². The van der Waals surface area contributed by atoms with E-state index < -0.39 is 11.2 Å². The van der Waals surface area contributed by atoms with E-state index in [1.54, 1.807) is 0 Å². The number of rotatable bonds is 6. The molecular weight excluding hydrogens is 282 g/mol. The van der Waals surface area contributed by atoms with Crippen LogP contribution in [0.4, 0.5) is 5.69 Å². The smallest absolute Gasteiger partial charge is 0.282 e. The fourth-order valence-corrected chi connectivity index (χ4v) is 1.54. The quantitative estimate of drug-likeness (QED) is 0.483. The van der Waals surface area contributed by atoms with Crippen molar-refractivity contribution in [2.24, 2.45) is 25.8 Å². The fraction of sp³-hybridized carbons (Fsp3) is 0.300. The number of nitro benzene ring substituents is 1. The highest BCUT2D eigenvalue weighted by Crippen LogP contribution is 2.33. The van der Waals surface area contributed by atoms with E-state index in [9.17, 15) is 10.1 Å². The lowest BCUT2D eigenvalue weighted by atomic mass is 10.1. The molecule has 0 unspecified atom stereocenters. The summed E-state index contributed by atoms with van der Waals surface area (Å²) in [5.74, 6) is 0.609. The first-order valence-corrected chi connectivity index (χ1v) is 5.64. The Bertz CT molecular complexity index is 616. The molecule has 1 aliphatic heterocycles. The number of nitrogens with one attached hydrogen (secondary N) is 1. The van der Waals surface area contributed by atoms with Gasteiger partial charge >= 0.3 is 0 Å². The topological polar surface area (TPSA) is 135 Å². The molecule has 1 heterocycles. The Morgan fingerprint density at radius 1 is 1.29 bits per heavy atom. The monoisotopic (exact) mass is 293 g/mol. The van der Waals surface area contributed by atoms with E-state index in [1.807, 2.05) is 0 Å². The average Bonchev–Trinajstić information content (AvgIpc) is 2.99. The van der Waals surface area contributed by atoms with E-state index in [1.165, 1.54) is 32.6 Å². The van der Waals surface area contributed by atoms with Gasteiger partial charge in [0.1, 0.15) is 0 Å². The number of hydrogen-bond donors (Lipinski definition) is 1. The SMILES string of the molecule is COc1cc(/C=N/NC2N=NN=N2)c([N+](=O)[O-])cc1OC. The summed E-state index contributed by atoms with van der Waals surface area (Å²) < 4.78 is 10.1. The van der Waals surface area contributed by atoms with Gasteiger partial charge in [-0.05, 0) is 16.5 Å². The zero-order valence-electron chi connectivity index (χ0n) is 11.1. The van der Waals surface area contributed by atoms with Crippen molar-refractivity contribution in [3.05, 3.63) is 27.8 Å². The third-order valence-electron chi connectivity index (χ3n) is 2.49. The first-order valence-electron chi connectivity index (χ1n) is 5.64. The van der Waals surface area contributed by atoms with Gasteiger partial charge in [-0.3, -0.25) is 15.5 Å². The summed E-state index contributed by atoms with van der Waals surface area (Å²) in [6.45, 7) is 0. The van der Waals surface area contributed by atoms with Crippen LogP contribution in [0.3, 0.4) is 0 Å². The second-order valence-corrected chi connectivity index (χ2v) is 3.69. The highest BCUT2D eigenvalue weighted by molar-refractivity contribution is 5.86. The molecule has 0 aromatic heterocycles. The van der Waals surface area contributed by atoms with Crippen LogP contribution in [0, 0.1) is 10.1 Å². The number of nitro groups is 1. The maximum atomic E-state index is 11.1. The zero-order chi connectivity index (χ0) is 15.2. The second-order valence-electron chi connectivity index (χ2n) is 3.69. The molecule has 1 N–H and O–H groups in total. The molecule has 110 valence electrons. The van der Waals surface area contributed by atoms with Crippen LogP contribution < -0.4 is 14.9 Å². The predicted molar refractivity (Wildman–Crippen MR) is 70.4 cm³/mol. The van der Waals surface area contributed by atoms with Crippen LogP contribution in [-0.4, -0.2) is 31.6 Å². The van der Waals surface area contributed by atoms with Gasteiger partial charge in [-0.15, -0.1) is 10.2 Å². The van der Waals surface area contributed by atoms with Crippen molar-refractivity contribution in [2.45, 2.75) is 6.29 Å². The summed E-state index contributed by atoms with van der Waals surface area (Å²) in [6, 6.07) is 2.70. The van der Waals surface area contributed by atoms with Gasteiger partial charge in [0.2, 0.25) is 0 Å². The summed E-state index contributed by atoms with van der Waals surface area (Å²) in [4.78, 5) is 10.5. The molecule has 1 aromatic carbocycles. The number of methoxy groups -OCH3 is 2. The summed E-state index contributed by atoms with van der Waals surface area (Å²) in [5, 5.41) is 28.6. The molecule has 1 aliphatic rings. The van der Waals surface area contributed by atoms with Crippen LogP contribution in [0.5, 0.6) is 11.5 Å². The van der Waals surface area contributed by atoms with Crippen molar-refractivity contribution in [2.75, 3.05) is 14.2 Å². The number of benzene rings is 1. The molecule has 11 heteroatoms. The van der Waals surface area contributed by atoms with Crippen LogP contribution in [-0.2, 0) is 0 Å². The Morgan fingerprint density at radius 2 is 1.90 bits per heavy atom. The fourth-order valence-electron chi connectivity index (χ4n) is 1.54. The molecule has 0 spiro atoms. The maximum absolute atomic E-state index is 11.1. The predicted octanol–water partition coefficient (Wildman–Crippen LogP) is 1.65. The molecule has 21 heavy (non-hydrogen) atoms. The van der Waals surface area contributed by atoms with Gasteiger partial charge in [0.25, 0.3) is 12.0 Å². The lowest BCUT2D eigenvalue weighted by Gasteiger charge is -2.08. The molecule has 0 radical (unpaired) electrons. The summed E-state index contributed by atoms with van der Waals surface area (Å²) in [5.41, 5.74) is 2.58. The lowest BCUT2D eigenvalue weighted by molar-refractivity contribution is -0.385. The molecule has 1 aromatic rings. The molecule has 11 nitrogen and oxygen atoms in total. The van der Waals surface area contributed by atoms with Gasteiger partial charge in [-0.1, -0.05) is 0 Å². The minimum atomic E-state index is -0.722. The molecule has 0 amide bonds. The van der Waals surface area contributed by atoms with E-state index in [0.717, 1.165) is 0 Å². The highest BCUT2D eigenvalue weighted by atomic mass is 16.6. The molecule has 0 atom stereocenters. The van der Waals surface area contributed by atoms with Crippen LogP contribution in [0.1, 0.15) is 5.56 Å². The van der Waals surface area contributed by atoms with Crippen LogP contribution in [0.15, 0.2) is 37.9 Å². The Hall–Kier alpha value is -3.11. The summed E-state index contributed by atoms with van der Waals surface area (Å²) >= 11 is 0. The van der Waals surface area contributed by atoms with E-state index in [2.05, 4.69) is 31.2 Å². The van der Waals surface area contributed by atoms with Crippen LogP contribution in [0.2, 0.25) is 0 Å². The Balaban J connectivity index is 2.27. The zero-order valence-corrected chi connectivity index (χ0v) is 11.1. The van der Waals surface area contributed by atoms with Crippen molar-refractivity contribution in [1.29, 1.82) is 0 Å². The van der Waals surface area contributed by atoms with Gasteiger partial charge in [0, 0.05) is 0 Å². The summed E-state index contributed by atoms with van der Waals surface area (Å²) in [7, 11) is 2.83. The minimum absolute atomic E-state index is 0.173. The van der Waals surface area contributed by atoms with Crippen molar-refractivity contribution >= 4 is 11.9 Å². The van der Waals surface area contributed by atoms with Crippen molar-refractivity contribution < 1.29 is 14.4 Å². The van der Waals surface area contributed by atoms with E-state index in [4.69, 9.17) is 9.47 Å². The molecule has 0 saturated heterocycles. The standard InChI is InChI=1S/C10H11N7O4/c1-20-8-3-6(5-11-12-10-13-15-16-14-10)7(17(18)19)4-9(8)21-2/h3-5,10,12H,1-2H3/b11-5+. The summed E-state index contributed by atoms with van der Waals surface area (Å²) in [6.07, 6.45) is 0.532. The highest BCUT2D eigenvalue weighted by Gasteiger charge is 2.18. The normalized spacial score (nSPS) is 13.8. The van der Waals surface area contributed by atoms with E-state index in [-0.39, 0.29) is 17.0 Å².